The minimum absolute atomic E-state index is 0.170. The number of para-hydroxylation sites is 1. The van der Waals surface area contributed by atoms with Gasteiger partial charge in [0.2, 0.25) is 0 Å². The maximum Gasteiger partial charge on any atom is 0.259 e. The molecule has 2 amide bonds. The van der Waals surface area contributed by atoms with E-state index < -0.39 is 5.91 Å². The molecule has 6 nitrogen and oxygen atoms in total. The zero-order valence-corrected chi connectivity index (χ0v) is 16.7. The molecule has 0 heterocycles. The van der Waals surface area contributed by atoms with Gasteiger partial charge < -0.3 is 10.1 Å². The van der Waals surface area contributed by atoms with E-state index in [0.29, 0.717) is 17.9 Å². The van der Waals surface area contributed by atoms with Gasteiger partial charge in [-0.15, -0.1) is 0 Å². The Labute approximate surface area is 175 Å². The van der Waals surface area contributed by atoms with Gasteiger partial charge in [-0.25, -0.2) is 5.43 Å². The quantitative estimate of drug-likeness (QED) is 0.448. The molecule has 0 atom stereocenters. The first-order valence-corrected chi connectivity index (χ1v) is 9.54. The largest absolute Gasteiger partial charge is 0.488 e. The molecule has 0 aliphatic carbocycles. The van der Waals surface area contributed by atoms with E-state index >= 15 is 0 Å². The van der Waals surface area contributed by atoms with E-state index in [-0.39, 0.29) is 12.5 Å². The summed E-state index contributed by atoms with van der Waals surface area (Å²) in [6, 6.07) is 24.4. The normalized spacial score (nSPS) is 10.6. The molecule has 3 aromatic rings. The third-order valence-corrected chi connectivity index (χ3v) is 4.27. The van der Waals surface area contributed by atoms with Crippen molar-refractivity contribution in [3.8, 4) is 5.75 Å². The van der Waals surface area contributed by atoms with Crippen LogP contribution in [0.1, 0.15) is 27.0 Å². The van der Waals surface area contributed by atoms with Crippen LogP contribution in [0, 0.1) is 6.92 Å². The molecular weight excluding hydrogens is 378 g/mol. The van der Waals surface area contributed by atoms with E-state index in [2.05, 4.69) is 15.8 Å². The van der Waals surface area contributed by atoms with Crippen LogP contribution >= 0.6 is 0 Å². The third-order valence-electron chi connectivity index (χ3n) is 4.27. The lowest BCUT2D eigenvalue weighted by Gasteiger charge is -2.09. The van der Waals surface area contributed by atoms with Crippen LogP contribution in [0.2, 0.25) is 0 Å². The topological polar surface area (TPSA) is 79.8 Å². The molecule has 6 heteroatoms. The second kappa shape index (κ2) is 10.6. The molecule has 0 fully saturated rings. The summed E-state index contributed by atoms with van der Waals surface area (Å²) in [6.07, 6.45) is 1.51. The summed E-state index contributed by atoms with van der Waals surface area (Å²) >= 11 is 0. The summed E-state index contributed by atoms with van der Waals surface area (Å²) in [4.78, 5) is 24.0. The molecule has 0 aromatic heterocycles. The number of carbonyl (C=O) groups is 2. The van der Waals surface area contributed by atoms with Gasteiger partial charge in [0.05, 0.1) is 12.8 Å². The Bertz CT molecular complexity index is 1020. The Morgan fingerprint density at radius 1 is 0.933 bits per heavy atom. The Morgan fingerprint density at radius 2 is 1.63 bits per heavy atom. The number of benzene rings is 3. The number of hydrazone groups is 1. The predicted octanol–water partition coefficient (Wildman–Crippen LogP) is 3.45. The SMILES string of the molecule is Cc1ccc(C(=O)NCC(=O)N/N=C/c2ccccc2OCc2ccccc2)cc1. The van der Waals surface area contributed by atoms with Crippen molar-refractivity contribution in [1.82, 2.24) is 10.7 Å². The van der Waals surface area contributed by atoms with Crippen LogP contribution in [0.25, 0.3) is 0 Å². The summed E-state index contributed by atoms with van der Waals surface area (Å²) in [6.45, 7) is 2.21. The highest BCUT2D eigenvalue weighted by Crippen LogP contribution is 2.17. The summed E-state index contributed by atoms with van der Waals surface area (Å²) < 4.78 is 5.86. The minimum Gasteiger partial charge on any atom is -0.488 e. The van der Waals surface area contributed by atoms with Gasteiger partial charge >= 0.3 is 0 Å². The van der Waals surface area contributed by atoms with Crippen molar-refractivity contribution in [3.05, 3.63) is 101 Å². The van der Waals surface area contributed by atoms with Crippen molar-refractivity contribution >= 4 is 18.0 Å². The highest BCUT2D eigenvalue weighted by Gasteiger charge is 2.07. The van der Waals surface area contributed by atoms with Gasteiger partial charge in [-0.05, 0) is 36.8 Å². The average Bonchev–Trinajstić information content (AvgIpc) is 2.78. The summed E-state index contributed by atoms with van der Waals surface area (Å²) in [5, 5.41) is 6.53. The Morgan fingerprint density at radius 3 is 2.40 bits per heavy atom. The van der Waals surface area contributed by atoms with E-state index in [4.69, 9.17) is 4.74 Å². The lowest BCUT2D eigenvalue weighted by Crippen LogP contribution is -2.34. The molecular formula is C24H23N3O3. The van der Waals surface area contributed by atoms with Crippen molar-refractivity contribution < 1.29 is 14.3 Å². The highest BCUT2D eigenvalue weighted by atomic mass is 16.5. The van der Waals surface area contributed by atoms with Crippen molar-refractivity contribution in [3.63, 3.8) is 0 Å². The fourth-order valence-electron chi connectivity index (χ4n) is 2.63. The third kappa shape index (κ3) is 6.31. The van der Waals surface area contributed by atoms with Gasteiger partial charge in [-0.2, -0.15) is 5.10 Å². The fraction of sp³-hybridized carbons (Fsp3) is 0.125. The number of hydrogen-bond donors (Lipinski definition) is 2. The van der Waals surface area contributed by atoms with Gasteiger partial charge in [0.15, 0.2) is 0 Å². The Hall–Kier alpha value is -3.93. The fourth-order valence-corrected chi connectivity index (χ4v) is 2.63. The van der Waals surface area contributed by atoms with Gasteiger partial charge in [-0.1, -0.05) is 60.2 Å². The monoisotopic (exact) mass is 401 g/mol. The van der Waals surface area contributed by atoms with Gasteiger partial charge in [-0.3, -0.25) is 9.59 Å². The number of amides is 2. The lowest BCUT2D eigenvalue weighted by molar-refractivity contribution is -0.120. The number of rotatable bonds is 8. The standard InChI is InChI=1S/C24H23N3O3/c1-18-11-13-20(14-12-18)24(29)25-16-23(28)27-26-15-21-9-5-6-10-22(21)30-17-19-7-3-2-4-8-19/h2-15H,16-17H2,1H3,(H,25,29)(H,27,28)/b26-15+. The first kappa shape index (κ1) is 20.8. The summed E-state index contributed by atoms with van der Waals surface area (Å²) in [7, 11) is 0. The van der Waals surface area contributed by atoms with Crippen LogP contribution in [0.4, 0.5) is 0 Å². The van der Waals surface area contributed by atoms with E-state index in [1.807, 2.05) is 73.7 Å². The van der Waals surface area contributed by atoms with Crippen molar-refractivity contribution in [2.24, 2.45) is 5.10 Å². The van der Waals surface area contributed by atoms with Crippen LogP contribution in [0.15, 0.2) is 84.0 Å². The van der Waals surface area contributed by atoms with E-state index in [1.165, 1.54) is 6.21 Å². The second-order valence-corrected chi connectivity index (χ2v) is 6.65. The van der Waals surface area contributed by atoms with Crippen molar-refractivity contribution in [2.45, 2.75) is 13.5 Å². The molecule has 0 unspecified atom stereocenters. The number of nitrogens with one attached hydrogen (secondary N) is 2. The molecule has 30 heavy (non-hydrogen) atoms. The molecule has 0 aliphatic rings. The van der Waals surface area contributed by atoms with Gasteiger partial charge in [0.25, 0.3) is 11.8 Å². The smallest absolute Gasteiger partial charge is 0.259 e. The summed E-state index contributed by atoms with van der Waals surface area (Å²) in [5.41, 5.74) is 5.76. The minimum atomic E-state index is -0.422. The van der Waals surface area contributed by atoms with E-state index in [0.717, 1.165) is 16.7 Å². The Kier molecular flexibility index (Phi) is 7.33. The van der Waals surface area contributed by atoms with Gasteiger partial charge in [0.1, 0.15) is 12.4 Å². The predicted molar refractivity (Wildman–Crippen MR) is 116 cm³/mol. The first-order valence-electron chi connectivity index (χ1n) is 9.54. The number of aryl methyl sites for hydroxylation is 1. The molecule has 2 N–H and O–H groups in total. The van der Waals surface area contributed by atoms with Crippen LogP contribution in [0.5, 0.6) is 5.75 Å². The average molecular weight is 401 g/mol. The van der Waals surface area contributed by atoms with Crippen LogP contribution in [-0.4, -0.2) is 24.6 Å². The molecule has 0 saturated carbocycles. The van der Waals surface area contributed by atoms with Gasteiger partial charge in [0, 0.05) is 11.1 Å². The molecule has 0 bridgehead atoms. The molecule has 0 saturated heterocycles. The maximum absolute atomic E-state index is 12.0. The first-order chi connectivity index (χ1) is 14.6. The van der Waals surface area contributed by atoms with E-state index in [9.17, 15) is 9.59 Å². The number of carbonyl (C=O) groups excluding carboxylic acids is 2. The maximum atomic E-state index is 12.0. The molecule has 0 radical (unpaired) electrons. The molecule has 3 aromatic carbocycles. The molecule has 3 rings (SSSR count). The molecule has 0 aliphatic heterocycles. The highest BCUT2D eigenvalue weighted by molar-refractivity contribution is 5.96. The van der Waals surface area contributed by atoms with Crippen molar-refractivity contribution in [2.75, 3.05) is 6.54 Å². The summed E-state index contributed by atoms with van der Waals surface area (Å²) in [5.74, 6) is -0.0739. The molecule has 152 valence electrons. The van der Waals surface area contributed by atoms with Crippen molar-refractivity contribution in [1.29, 1.82) is 0 Å². The van der Waals surface area contributed by atoms with E-state index in [1.54, 1.807) is 12.1 Å². The van der Waals surface area contributed by atoms with Crippen LogP contribution in [-0.2, 0) is 11.4 Å². The Balaban J connectivity index is 1.49. The number of nitrogens with zero attached hydrogens (tertiary/aromatic N) is 1. The zero-order chi connectivity index (χ0) is 21.2. The lowest BCUT2D eigenvalue weighted by atomic mass is 10.1. The number of ether oxygens (including phenoxy) is 1. The van der Waals surface area contributed by atoms with Crippen LogP contribution < -0.4 is 15.5 Å². The molecule has 0 spiro atoms. The second-order valence-electron chi connectivity index (χ2n) is 6.65. The zero-order valence-electron chi connectivity index (χ0n) is 16.7. The van der Waals surface area contributed by atoms with Crippen LogP contribution in [0.3, 0.4) is 0 Å². The number of hydrogen-bond acceptors (Lipinski definition) is 4.